The molecule has 1 atom stereocenters. The standard InChI is InChI=1S/C14H17NO3S/c1-3-10-6-7-11(18-10)13(16)15-9-14(2,17)12-5-4-8-19-12/h4-8,17H,3,9H2,1-2H3,(H,15,16). The molecule has 4 nitrogen and oxygen atoms in total. The van der Waals surface area contributed by atoms with Gasteiger partial charge in [-0.3, -0.25) is 4.79 Å². The first-order valence-electron chi connectivity index (χ1n) is 6.16. The summed E-state index contributed by atoms with van der Waals surface area (Å²) >= 11 is 1.46. The molecular weight excluding hydrogens is 262 g/mol. The maximum absolute atomic E-state index is 11.9. The molecule has 0 aliphatic carbocycles. The van der Waals surface area contributed by atoms with Gasteiger partial charge in [0.25, 0.3) is 5.91 Å². The Hall–Kier alpha value is -1.59. The van der Waals surface area contributed by atoms with Crippen molar-refractivity contribution in [3.8, 4) is 0 Å². The Labute approximate surface area is 116 Å². The maximum atomic E-state index is 11.9. The van der Waals surface area contributed by atoms with Crippen LogP contribution >= 0.6 is 11.3 Å². The fourth-order valence-corrected chi connectivity index (χ4v) is 2.49. The summed E-state index contributed by atoms with van der Waals surface area (Å²) in [6.45, 7) is 3.79. The highest BCUT2D eigenvalue weighted by molar-refractivity contribution is 7.10. The SMILES string of the molecule is CCc1ccc(C(=O)NCC(C)(O)c2cccs2)o1. The predicted octanol–water partition coefficient (Wildman–Crippen LogP) is 2.54. The predicted molar refractivity (Wildman–Crippen MR) is 74.3 cm³/mol. The average molecular weight is 279 g/mol. The van der Waals surface area contributed by atoms with Gasteiger partial charge in [0.2, 0.25) is 0 Å². The number of rotatable bonds is 5. The molecule has 0 saturated heterocycles. The van der Waals surface area contributed by atoms with Crippen LogP contribution in [0.25, 0.3) is 0 Å². The zero-order valence-corrected chi connectivity index (χ0v) is 11.8. The van der Waals surface area contributed by atoms with Crippen LogP contribution in [0, 0.1) is 0 Å². The molecule has 0 bridgehead atoms. The van der Waals surface area contributed by atoms with E-state index in [9.17, 15) is 9.90 Å². The van der Waals surface area contributed by atoms with Crippen molar-refractivity contribution in [2.24, 2.45) is 0 Å². The number of thiophene rings is 1. The lowest BCUT2D eigenvalue weighted by molar-refractivity contribution is 0.0548. The van der Waals surface area contributed by atoms with Gasteiger partial charge in [-0.25, -0.2) is 0 Å². The van der Waals surface area contributed by atoms with E-state index in [1.807, 2.05) is 24.4 Å². The molecule has 1 amide bonds. The van der Waals surface area contributed by atoms with Crippen molar-refractivity contribution in [1.29, 1.82) is 0 Å². The average Bonchev–Trinajstić information content (AvgIpc) is 3.06. The molecule has 19 heavy (non-hydrogen) atoms. The molecule has 0 spiro atoms. The largest absolute Gasteiger partial charge is 0.456 e. The van der Waals surface area contributed by atoms with Crippen LogP contribution in [-0.2, 0) is 12.0 Å². The molecule has 0 aliphatic heterocycles. The molecule has 2 N–H and O–H groups in total. The molecule has 5 heteroatoms. The number of hydrogen-bond acceptors (Lipinski definition) is 4. The third-order valence-electron chi connectivity index (χ3n) is 2.88. The first-order chi connectivity index (χ1) is 9.03. The van der Waals surface area contributed by atoms with E-state index >= 15 is 0 Å². The molecule has 1 unspecified atom stereocenters. The van der Waals surface area contributed by atoms with Gasteiger partial charge in [-0.05, 0) is 30.5 Å². The Bertz CT molecular complexity index is 543. The van der Waals surface area contributed by atoms with E-state index in [1.165, 1.54) is 11.3 Å². The van der Waals surface area contributed by atoms with Crippen molar-refractivity contribution in [3.63, 3.8) is 0 Å². The number of furan rings is 1. The summed E-state index contributed by atoms with van der Waals surface area (Å²) in [7, 11) is 0. The van der Waals surface area contributed by atoms with E-state index in [-0.39, 0.29) is 18.2 Å². The molecule has 2 rings (SSSR count). The van der Waals surface area contributed by atoms with Gasteiger partial charge in [0.15, 0.2) is 5.76 Å². The van der Waals surface area contributed by atoms with Gasteiger partial charge < -0.3 is 14.8 Å². The Balaban J connectivity index is 1.97. The fourth-order valence-electron chi connectivity index (χ4n) is 1.70. The number of nitrogens with one attached hydrogen (secondary N) is 1. The Kier molecular flexibility index (Phi) is 4.07. The van der Waals surface area contributed by atoms with E-state index in [4.69, 9.17) is 4.42 Å². The topological polar surface area (TPSA) is 62.5 Å². The van der Waals surface area contributed by atoms with E-state index in [0.717, 1.165) is 17.1 Å². The second kappa shape index (κ2) is 5.59. The highest BCUT2D eigenvalue weighted by Crippen LogP contribution is 2.24. The molecule has 0 fully saturated rings. The zero-order valence-electron chi connectivity index (χ0n) is 11.0. The van der Waals surface area contributed by atoms with Crippen molar-refractivity contribution >= 4 is 17.2 Å². The van der Waals surface area contributed by atoms with Gasteiger partial charge in [0, 0.05) is 11.3 Å². The minimum atomic E-state index is -1.07. The van der Waals surface area contributed by atoms with Crippen LogP contribution in [0.4, 0.5) is 0 Å². The van der Waals surface area contributed by atoms with Gasteiger partial charge in [0.1, 0.15) is 11.4 Å². The third kappa shape index (κ3) is 3.24. The maximum Gasteiger partial charge on any atom is 0.287 e. The van der Waals surface area contributed by atoms with Crippen molar-refractivity contribution in [3.05, 3.63) is 46.0 Å². The number of carbonyl (C=O) groups is 1. The van der Waals surface area contributed by atoms with E-state index < -0.39 is 5.60 Å². The van der Waals surface area contributed by atoms with Gasteiger partial charge in [-0.2, -0.15) is 0 Å². The molecule has 102 valence electrons. The minimum absolute atomic E-state index is 0.147. The normalized spacial score (nSPS) is 14.1. The first-order valence-corrected chi connectivity index (χ1v) is 7.04. The van der Waals surface area contributed by atoms with Crippen LogP contribution in [0.1, 0.15) is 35.0 Å². The molecule has 2 heterocycles. The molecule has 2 aromatic heterocycles. The lowest BCUT2D eigenvalue weighted by Crippen LogP contribution is -2.37. The monoisotopic (exact) mass is 279 g/mol. The number of aliphatic hydroxyl groups is 1. The Morgan fingerprint density at radius 3 is 2.84 bits per heavy atom. The van der Waals surface area contributed by atoms with E-state index in [2.05, 4.69) is 5.32 Å². The van der Waals surface area contributed by atoms with E-state index in [1.54, 1.807) is 19.1 Å². The molecule has 0 saturated carbocycles. The van der Waals surface area contributed by atoms with Crippen molar-refractivity contribution in [1.82, 2.24) is 5.32 Å². The summed E-state index contributed by atoms with van der Waals surface area (Å²) in [6, 6.07) is 7.15. The highest BCUT2D eigenvalue weighted by Gasteiger charge is 2.25. The van der Waals surface area contributed by atoms with Gasteiger partial charge in [-0.15, -0.1) is 11.3 Å². The fraction of sp³-hybridized carbons (Fsp3) is 0.357. The van der Waals surface area contributed by atoms with E-state index in [0.29, 0.717) is 0 Å². The minimum Gasteiger partial charge on any atom is -0.456 e. The quantitative estimate of drug-likeness (QED) is 0.884. The van der Waals surface area contributed by atoms with Crippen LogP contribution in [-0.4, -0.2) is 17.6 Å². The molecule has 0 aromatic carbocycles. The van der Waals surface area contributed by atoms with Crippen LogP contribution < -0.4 is 5.32 Å². The number of amides is 1. The van der Waals surface area contributed by atoms with Crippen molar-refractivity contribution < 1.29 is 14.3 Å². The van der Waals surface area contributed by atoms with Crippen LogP contribution in [0.2, 0.25) is 0 Å². The number of carbonyl (C=O) groups excluding carboxylic acids is 1. The van der Waals surface area contributed by atoms with Crippen molar-refractivity contribution in [2.45, 2.75) is 25.9 Å². The van der Waals surface area contributed by atoms with Crippen LogP contribution in [0.3, 0.4) is 0 Å². The van der Waals surface area contributed by atoms with Crippen LogP contribution in [0.5, 0.6) is 0 Å². The van der Waals surface area contributed by atoms with Crippen LogP contribution in [0.15, 0.2) is 34.1 Å². The van der Waals surface area contributed by atoms with Crippen molar-refractivity contribution in [2.75, 3.05) is 6.54 Å². The van der Waals surface area contributed by atoms with Gasteiger partial charge in [-0.1, -0.05) is 13.0 Å². The van der Waals surface area contributed by atoms with Gasteiger partial charge in [0.05, 0.1) is 6.54 Å². The summed E-state index contributed by atoms with van der Waals surface area (Å²) < 4.78 is 5.36. The molecule has 2 aromatic rings. The number of aryl methyl sites for hydroxylation is 1. The van der Waals surface area contributed by atoms with Gasteiger partial charge >= 0.3 is 0 Å². The summed E-state index contributed by atoms with van der Waals surface area (Å²) in [5.74, 6) is 0.741. The highest BCUT2D eigenvalue weighted by atomic mass is 32.1. The second-order valence-corrected chi connectivity index (χ2v) is 5.50. The first kappa shape index (κ1) is 13.8. The Morgan fingerprint density at radius 2 is 2.26 bits per heavy atom. The summed E-state index contributed by atoms with van der Waals surface area (Å²) in [5.41, 5.74) is -1.07. The molecular formula is C14H17NO3S. The molecule has 0 radical (unpaired) electrons. The second-order valence-electron chi connectivity index (χ2n) is 4.55. The number of hydrogen-bond donors (Lipinski definition) is 2. The summed E-state index contributed by atoms with van der Waals surface area (Å²) in [4.78, 5) is 12.7. The summed E-state index contributed by atoms with van der Waals surface area (Å²) in [5, 5.41) is 14.9. The zero-order chi connectivity index (χ0) is 13.9. The third-order valence-corrected chi connectivity index (χ3v) is 4.00. The molecule has 0 aliphatic rings. The lowest BCUT2D eigenvalue weighted by Gasteiger charge is -2.21. The summed E-state index contributed by atoms with van der Waals surface area (Å²) in [6.07, 6.45) is 0.750. The lowest BCUT2D eigenvalue weighted by atomic mass is 10.1. The smallest absolute Gasteiger partial charge is 0.287 e. The Morgan fingerprint density at radius 1 is 1.47 bits per heavy atom.